The maximum atomic E-state index is 12.7. The third kappa shape index (κ3) is 7.97. The monoisotopic (exact) mass is 534 g/mol. The van der Waals surface area contributed by atoms with Gasteiger partial charge in [0.1, 0.15) is 12.2 Å². The first-order chi connectivity index (χ1) is 19.1. The van der Waals surface area contributed by atoms with Crippen molar-refractivity contribution < 1.29 is 33.2 Å². The van der Waals surface area contributed by atoms with E-state index < -0.39 is 36.4 Å². The molecule has 1 fully saturated rings. The Hall–Kier alpha value is -3.07. The van der Waals surface area contributed by atoms with E-state index in [9.17, 15) is 4.79 Å². The van der Waals surface area contributed by atoms with Crippen molar-refractivity contribution in [2.45, 2.75) is 51.3 Å². The molecule has 0 aliphatic carbocycles. The van der Waals surface area contributed by atoms with Crippen molar-refractivity contribution in [3.05, 3.63) is 108 Å². The van der Waals surface area contributed by atoms with Crippen molar-refractivity contribution in [2.75, 3.05) is 20.8 Å². The first kappa shape index (κ1) is 28.9. The minimum atomic E-state index is -0.721. The number of methoxy groups -OCH3 is 2. The van der Waals surface area contributed by atoms with Crippen LogP contribution in [0.4, 0.5) is 0 Å². The lowest BCUT2D eigenvalue weighted by Gasteiger charge is -2.47. The molecule has 0 aromatic heterocycles. The standard InChI is InChI=1S/C32H38O7/c1-23(31(33)34-2)28-30(38-21-26-17-11-6-12-18-26)29(37-20-25-15-9-5-10-16-25)27(39-32(28)35-3)22-36-19-24-13-7-4-8-14-24/h4-18,23,27-30,32H,19-22H2,1-3H3/t23-,27+,28+,29+,30+,32+/m0/s1. The van der Waals surface area contributed by atoms with Gasteiger partial charge in [-0.2, -0.15) is 0 Å². The Morgan fingerprint density at radius 1 is 0.744 bits per heavy atom. The molecule has 39 heavy (non-hydrogen) atoms. The number of benzene rings is 3. The highest BCUT2D eigenvalue weighted by Crippen LogP contribution is 2.37. The normalized spacial score (nSPS) is 23.7. The number of hydrogen-bond donors (Lipinski definition) is 0. The summed E-state index contributed by atoms with van der Waals surface area (Å²) in [7, 11) is 2.96. The molecule has 1 heterocycles. The molecule has 1 saturated heterocycles. The smallest absolute Gasteiger partial charge is 0.308 e. The van der Waals surface area contributed by atoms with Crippen molar-refractivity contribution in [3.8, 4) is 0 Å². The van der Waals surface area contributed by atoms with E-state index in [1.165, 1.54) is 7.11 Å². The highest BCUT2D eigenvalue weighted by Gasteiger charge is 2.51. The van der Waals surface area contributed by atoms with E-state index >= 15 is 0 Å². The Labute approximate surface area is 230 Å². The molecule has 0 amide bonds. The lowest BCUT2D eigenvalue weighted by Crippen LogP contribution is -2.60. The summed E-state index contributed by atoms with van der Waals surface area (Å²) in [6.07, 6.45) is -2.29. The number of ether oxygens (including phenoxy) is 6. The van der Waals surface area contributed by atoms with E-state index in [1.807, 2.05) is 97.9 Å². The van der Waals surface area contributed by atoms with Gasteiger partial charge < -0.3 is 28.4 Å². The molecule has 0 radical (unpaired) electrons. The molecule has 4 rings (SSSR count). The van der Waals surface area contributed by atoms with Crippen molar-refractivity contribution in [2.24, 2.45) is 11.8 Å². The second-order valence-corrected chi connectivity index (χ2v) is 9.69. The van der Waals surface area contributed by atoms with Crippen LogP contribution < -0.4 is 0 Å². The predicted octanol–water partition coefficient (Wildman–Crippen LogP) is 5.17. The van der Waals surface area contributed by atoms with E-state index in [0.29, 0.717) is 19.8 Å². The van der Waals surface area contributed by atoms with E-state index in [2.05, 4.69) is 0 Å². The molecule has 7 heteroatoms. The molecular formula is C32H38O7. The van der Waals surface area contributed by atoms with Crippen molar-refractivity contribution in [3.63, 3.8) is 0 Å². The molecule has 3 aromatic carbocycles. The molecule has 1 aliphatic rings. The molecule has 1 aliphatic heterocycles. The van der Waals surface area contributed by atoms with Crippen LogP contribution in [-0.4, -0.2) is 51.4 Å². The number of rotatable bonds is 13. The molecular weight excluding hydrogens is 496 g/mol. The number of esters is 1. The second kappa shape index (κ2) is 14.9. The summed E-state index contributed by atoms with van der Waals surface area (Å²) >= 11 is 0. The van der Waals surface area contributed by atoms with Crippen molar-refractivity contribution >= 4 is 5.97 Å². The first-order valence-corrected chi connectivity index (χ1v) is 13.3. The molecule has 0 N–H and O–H groups in total. The van der Waals surface area contributed by atoms with Crippen LogP contribution in [0.1, 0.15) is 23.6 Å². The van der Waals surface area contributed by atoms with Crippen LogP contribution in [0.5, 0.6) is 0 Å². The summed E-state index contributed by atoms with van der Waals surface area (Å²) in [5.74, 6) is -1.40. The zero-order chi connectivity index (χ0) is 27.5. The minimum absolute atomic E-state index is 0.263. The summed E-state index contributed by atoms with van der Waals surface area (Å²) in [6, 6.07) is 29.8. The summed E-state index contributed by atoms with van der Waals surface area (Å²) in [6.45, 7) is 3.20. The molecule has 0 bridgehead atoms. The molecule has 7 nitrogen and oxygen atoms in total. The molecule has 0 saturated carbocycles. The summed E-state index contributed by atoms with van der Waals surface area (Å²) in [4.78, 5) is 12.7. The van der Waals surface area contributed by atoms with Crippen LogP contribution in [0.15, 0.2) is 91.0 Å². The molecule has 208 valence electrons. The van der Waals surface area contributed by atoms with Gasteiger partial charge in [0.25, 0.3) is 0 Å². The number of hydrogen-bond acceptors (Lipinski definition) is 7. The molecule has 3 aromatic rings. The summed E-state index contributed by atoms with van der Waals surface area (Å²) in [5.41, 5.74) is 3.10. The van der Waals surface area contributed by atoms with Crippen molar-refractivity contribution in [1.29, 1.82) is 0 Å². The maximum absolute atomic E-state index is 12.7. The number of carbonyl (C=O) groups is 1. The van der Waals surface area contributed by atoms with Gasteiger partial charge in [-0.25, -0.2) is 0 Å². The Morgan fingerprint density at radius 2 is 1.23 bits per heavy atom. The van der Waals surface area contributed by atoms with Gasteiger partial charge in [-0.3, -0.25) is 4.79 Å². The maximum Gasteiger partial charge on any atom is 0.308 e. The third-order valence-corrected chi connectivity index (χ3v) is 7.04. The lowest BCUT2D eigenvalue weighted by molar-refractivity contribution is -0.306. The van der Waals surface area contributed by atoms with Gasteiger partial charge in [-0.1, -0.05) is 97.9 Å². The van der Waals surface area contributed by atoms with Crippen LogP contribution in [0.3, 0.4) is 0 Å². The topological polar surface area (TPSA) is 72.5 Å². The van der Waals surface area contributed by atoms with E-state index in [4.69, 9.17) is 28.4 Å². The molecule has 6 atom stereocenters. The molecule has 0 spiro atoms. The Morgan fingerprint density at radius 3 is 1.72 bits per heavy atom. The number of carbonyl (C=O) groups excluding carboxylic acids is 1. The molecule has 0 unspecified atom stereocenters. The zero-order valence-corrected chi connectivity index (χ0v) is 22.8. The van der Waals surface area contributed by atoms with Crippen LogP contribution in [0.25, 0.3) is 0 Å². The first-order valence-electron chi connectivity index (χ1n) is 13.3. The SMILES string of the molecule is COC(=O)[C@@H](C)[C@H]1[C@H](OC)O[C@H](COCc2ccccc2)[C@@H](OCc2ccccc2)[C@@H]1OCc1ccccc1. The van der Waals surface area contributed by atoms with Gasteiger partial charge in [0, 0.05) is 7.11 Å². The summed E-state index contributed by atoms with van der Waals surface area (Å²) in [5, 5.41) is 0. The average molecular weight is 535 g/mol. The predicted molar refractivity (Wildman–Crippen MR) is 146 cm³/mol. The Bertz CT molecular complexity index is 1110. The van der Waals surface area contributed by atoms with Gasteiger partial charge in [-0.05, 0) is 16.7 Å². The Balaban J connectivity index is 1.61. The fourth-order valence-corrected chi connectivity index (χ4v) is 4.94. The van der Waals surface area contributed by atoms with E-state index in [0.717, 1.165) is 16.7 Å². The van der Waals surface area contributed by atoms with Crippen LogP contribution in [0.2, 0.25) is 0 Å². The Kier molecular flexibility index (Phi) is 11.1. The lowest BCUT2D eigenvalue weighted by atomic mass is 9.81. The van der Waals surface area contributed by atoms with Gasteiger partial charge in [0.2, 0.25) is 0 Å². The second-order valence-electron chi connectivity index (χ2n) is 9.69. The fourth-order valence-electron chi connectivity index (χ4n) is 4.94. The van der Waals surface area contributed by atoms with Gasteiger partial charge in [0.15, 0.2) is 6.29 Å². The van der Waals surface area contributed by atoms with E-state index in [1.54, 1.807) is 7.11 Å². The van der Waals surface area contributed by atoms with Gasteiger partial charge in [-0.15, -0.1) is 0 Å². The zero-order valence-electron chi connectivity index (χ0n) is 22.8. The quantitative estimate of drug-likeness (QED) is 0.280. The highest BCUT2D eigenvalue weighted by molar-refractivity contribution is 5.72. The van der Waals surface area contributed by atoms with E-state index in [-0.39, 0.29) is 12.6 Å². The summed E-state index contributed by atoms with van der Waals surface area (Å²) < 4.78 is 36.5. The largest absolute Gasteiger partial charge is 0.469 e. The van der Waals surface area contributed by atoms with Crippen LogP contribution >= 0.6 is 0 Å². The van der Waals surface area contributed by atoms with Crippen molar-refractivity contribution in [1.82, 2.24) is 0 Å². The van der Waals surface area contributed by atoms with Crippen LogP contribution in [0, 0.1) is 11.8 Å². The minimum Gasteiger partial charge on any atom is -0.469 e. The average Bonchev–Trinajstić information content (AvgIpc) is 2.99. The highest BCUT2D eigenvalue weighted by atomic mass is 16.7. The van der Waals surface area contributed by atoms with Crippen LogP contribution in [-0.2, 0) is 53.0 Å². The van der Waals surface area contributed by atoms with Gasteiger partial charge in [0.05, 0.1) is 51.5 Å². The third-order valence-electron chi connectivity index (χ3n) is 7.04. The fraction of sp³-hybridized carbons (Fsp3) is 0.406. The van der Waals surface area contributed by atoms with Gasteiger partial charge >= 0.3 is 5.97 Å².